The highest BCUT2D eigenvalue weighted by Crippen LogP contribution is 2.25. The van der Waals surface area contributed by atoms with Crippen molar-refractivity contribution in [1.29, 1.82) is 0 Å². The minimum Gasteiger partial charge on any atom is -0.481 e. The van der Waals surface area contributed by atoms with Gasteiger partial charge in [-0.2, -0.15) is 0 Å². The molecular weight excluding hydrogens is 290 g/mol. The Hall–Kier alpha value is -2.04. The highest BCUT2D eigenvalue weighted by Gasteiger charge is 2.11. The molecule has 2 aromatic rings. The minimum atomic E-state index is -0.914. The van der Waals surface area contributed by atoms with Crippen LogP contribution in [0.1, 0.15) is 23.6 Å². The Morgan fingerprint density at radius 1 is 1.19 bits per heavy atom. The summed E-state index contributed by atoms with van der Waals surface area (Å²) < 4.78 is 5.75. The van der Waals surface area contributed by atoms with Crippen LogP contribution in [0.15, 0.2) is 48.5 Å². The lowest BCUT2D eigenvalue weighted by Gasteiger charge is -2.12. The van der Waals surface area contributed by atoms with Gasteiger partial charge in [0.15, 0.2) is 0 Å². The zero-order chi connectivity index (χ0) is 14.5. The maximum Gasteiger partial charge on any atom is 0.305 e. The summed E-state index contributed by atoms with van der Waals surface area (Å²) in [7, 11) is 0. The summed E-state index contributed by atoms with van der Waals surface area (Å²) in [5, 5.41) is 8.77. The van der Waals surface area contributed by atoms with Crippen molar-refractivity contribution in [2.24, 2.45) is 5.73 Å². The highest BCUT2D eigenvalue weighted by molar-refractivity contribution is 5.85. The summed E-state index contributed by atoms with van der Waals surface area (Å²) in [5.74, 6) is 0.477. The van der Waals surface area contributed by atoms with Crippen molar-refractivity contribution in [2.45, 2.75) is 19.4 Å². The van der Waals surface area contributed by atoms with Crippen LogP contribution in [0.2, 0.25) is 0 Å². The Labute approximate surface area is 130 Å². The average Bonchev–Trinajstić information content (AvgIpc) is 2.38. The fourth-order valence-electron chi connectivity index (χ4n) is 1.93. The van der Waals surface area contributed by atoms with Crippen molar-refractivity contribution < 1.29 is 14.6 Å². The molecule has 21 heavy (non-hydrogen) atoms. The summed E-state index contributed by atoms with van der Waals surface area (Å²) in [6.45, 7) is 1.99. The third-order valence-corrected chi connectivity index (χ3v) is 2.91. The van der Waals surface area contributed by atoms with Gasteiger partial charge < -0.3 is 15.6 Å². The molecule has 2 aromatic carbocycles. The van der Waals surface area contributed by atoms with E-state index in [1.54, 1.807) is 12.1 Å². The van der Waals surface area contributed by atoms with Crippen LogP contribution in [0.4, 0.5) is 0 Å². The third kappa shape index (κ3) is 5.10. The molecule has 0 saturated heterocycles. The lowest BCUT2D eigenvalue weighted by Crippen LogP contribution is -2.14. The number of ether oxygens (including phenoxy) is 1. The smallest absolute Gasteiger partial charge is 0.305 e. The number of carbonyl (C=O) groups is 1. The van der Waals surface area contributed by atoms with Crippen LogP contribution in [-0.4, -0.2) is 11.1 Å². The molecule has 0 amide bonds. The highest BCUT2D eigenvalue weighted by atomic mass is 35.5. The van der Waals surface area contributed by atoms with Gasteiger partial charge in [0, 0.05) is 6.04 Å². The second kappa shape index (κ2) is 7.67. The molecule has 0 aliphatic heterocycles. The van der Waals surface area contributed by atoms with E-state index in [1.807, 2.05) is 43.3 Å². The van der Waals surface area contributed by atoms with E-state index in [0.717, 1.165) is 16.9 Å². The van der Waals surface area contributed by atoms with E-state index < -0.39 is 12.0 Å². The van der Waals surface area contributed by atoms with Gasteiger partial charge >= 0.3 is 5.97 Å². The van der Waals surface area contributed by atoms with Gasteiger partial charge in [-0.05, 0) is 42.3 Å². The normalized spacial score (nSPS) is 11.3. The standard InChI is InChI=1S/C16H17NO3.ClH/c1-11-4-2-6-13(8-11)20-14-7-3-5-12(9-14)15(17)10-16(18)19;/h2-9,15H,10,17H2,1H3,(H,18,19);1H. The molecule has 112 valence electrons. The molecule has 0 aromatic heterocycles. The molecule has 0 heterocycles. The van der Waals surface area contributed by atoms with E-state index in [0.29, 0.717) is 5.75 Å². The Bertz CT molecular complexity index is 616. The SMILES string of the molecule is Cc1cccc(Oc2cccc(C(N)CC(=O)O)c2)c1.Cl. The predicted octanol–water partition coefficient (Wildman–Crippen LogP) is 3.68. The summed E-state index contributed by atoms with van der Waals surface area (Å²) in [6, 6.07) is 14.4. The number of benzene rings is 2. The second-order valence-electron chi connectivity index (χ2n) is 4.70. The molecule has 0 radical (unpaired) electrons. The molecule has 5 heteroatoms. The lowest BCUT2D eigenvalue weighted by atomic mass is 10.0. The van der Waals surface area contributed by atoms with Crippen LogP contribution in [-0.2, 0) is 4.79 Å². The Balaban J connectivity index is 0.00000220. The fraction of sp³-hybridized carbons (Fsp3) is 0.188. The molecule has 1 atom stereocenters. The van der Waals surface area contributed by atoms with Crippen molar-refractivity contribution in [1.82, 2.24) is 0 Å². The van der Waals surface area contributed by atoms with E-state index in [1.165, 1.54) is 0 Å². The van der Waals surface area contributed by atoms with Crippen LogP contribution >= 0.6 is 12.4 Å². The number of aliphatic carboxylic acids is 1. The summed E-state index contributed by atoms with van der Waals surface area (Å²) >= 11 is 0. The molecular formula is C16H18ClNO3. The van der Waals surface area contributed by atoms with E-state index in [-0.39, 0.29) is 18.8 Å². The van der Waals surface area contributed by atoms with Gasteiger partial charge in [0.2, 0.25) is 0 Å². The number of carboxylic acids is 1. The molecule has 0 aliphatic carbocycles. The predicted molar refractivity (Wildman–Crippen MR) is 84.1 cm³/mol. The van der Waals surface area contributed by atoms with Crippen molar-refractivity contribution in [3.05, 3.63) is 59.7 Å². The number of carboxylic acid groups (broad SMARTS) is 1. The largest absolute Gasteiger partial charge is 0.481 e. The van der Waals surface area contributed by atoms with Gasteiger partial charge in [-0.3, -0.25) is 4.79 Å². The number of rotatable bonds is 5. The van der Waals surface area contributed by atoms with Crippen LogP contribution < -0.4 is 10.5 Å². The topological polar surface area (TPSA) is 72.5 Å². The maximum absolute atomic E-state index is 10.7. The van der Waals surface area contributed by atoms with Crippen molar-refractivity contribution in [3.8, 4) is 11.5 Å². The first-order valence-electron chi connectivity index (χ1n) is 6.36. The van der Waals surface area contributed by atoms with Gasteiger partial charge in [-0.1, -0.05) is 24.3 Å². The summed E-state index contributed by atoms with van der Waals surface area (Å²) in [5.41, 5.74) is 7.71. The first kappa shape index (κ1) is 17.0. The van der Waals surface area contributed by atoms with Crippen LogP contribution in [0.25, 0.3) is 0 Å². The molecule has 3 N–H and O–H groups in total. The van der Waals surface area contributed by atoms with Gasteiger partial charge in [0.1, 0.15) is 11.5 Å². The second-order valence-corrected chi connectivity index (χ2v) is 4.70. The monoisotopic (exact) mass is 307 g/mol. The van der Waals surface area contributed by atoms with Gasteiger partial charge in [-0.15, -0.1) is 12.4 Å². The third-order valence-electron chi connectivity index (χ3n) is 2.91. The molecule has 0 saturated carbocycles. The molecule has 0 spiro atoms. The van der Waals surface area contributed by atoms with E-state index in [4.69, 9.17) is 15.6 Å². The summed E-state index contributed by atoms with van der Waals surface area (Å²) in [6.07, 6.45) is -0.103. The molecule has 0 aliphatic rings. The number of aryl methyl sites for hydroxylation is 1. The maximum atomic E-state index is 10.7. The van der Waals surface area contributed by atoms with Crippen molar-refractivity contribution in [2.75, 3.05) is 0 Å². The number of halogens is 1. The zero-order valence-corrected chi connectivity index (χ0v) is 12.5. The molecule has 1 unspecified atom stereocenters. The van der Waals surface area contributed by atoms with Crippen LogP contribution in [0.5, 0.6) is 11.5 Å². The molecule has 0 bridgehead atoms. The molecule has 0 fully saturated rings. The molecule has 2 rings (SSSR count). The Morgan fingerprint density at radius 2 is 1.81 bits per heavy atom. The van der Waals surface area contributed by atoms with E-state index >= 15 is 0 Å². The Kier molecular flexibility index (Phi) is 6.21. The van der Waals surface area contributed by atoms with Crippen molar-refractivity contribution >= 4 is 18.4 Å². The van der Waals surface area contributed by atoms with E-state index in [2.05, 4.69) is 0 Å². The first-order chi connectivity index (χ1) is 9.54. The number of hydrogen-bond acceptors (Lipinski definition) is 3. The molecule has 4 nitrogen and oxygen atoms in total. The minimum absolute atomic E-state index is 0. The van der Waals surface area contributed by atoms with Crippen molar-refractivity contribution in [3.63, 3.8) is 0 Å². The van der Waals surface area contributed by atoms with Crippen LogP contribution in [0.3, 0.4) is 0 Å². The van der Waals surface area contributed by atoms with Crippen LogP contribution in [0, 0.1) is 6.92 Å². The van der Waals surface area contributed by atoms with Gasteiger partial charge in [-0.25, -0.2) is 0 Å². The van der Waals surface area contributed by atoms with Gasteiger partial charge in [0.05, 0.1) is 6.42 Å². The Morgan fingerprint density at radius 3 is 2.43 bits per heavy atom. The zero-order valence-electron chi connectivity index (χ0n) is 11.7. The quantitative estimate of drug-likeness (QED) is 0.883. The first-order valence-corrected chi connectivity index (χ1v) is 6.36. The summed E-state index contributed by atoms with van der Waals surface area (Å²) in [4.78, 5) is 10.7. The number of nitrogens with two attached hydrogens (primary N) is 1. The average molecular weight is 308 g/mol. The lowest BCUT2D eigenvalue weighted by molar-refractivity contribution is -0.137. The van der Waals surface area contributed by atoms with Gasteiger partial charge in [0.25, 0.3) is 0 Å². The van der Waals surface area contributed by atoms with E-state index in [9.17, 15) is 4.79 Å². The number of hydrogen-bond donors (Lipinski definition) is 2. The fourth-order valence-corrected chi connectivity index (χ4v) is 1.93.